The molecule has 76 valence electrons. The van der Waals surface area contributed by atoms with Gasteiger partial charge < -0.3 is 9.88 Å². The van der Waals surface area contributed by atoms with Crippen LogP contribution >= 0.6 is 0 Å². The second kappa shape index (κ2) is 4.60. The van der Waals surface area contributed by atoms with Crippen LogP contribution in [0.3, 0.4) is 0 Å². The number of carbonyl (C=O) groups is 1. The second-order valence-corrected chi connectivity index (χ2v) is 3.16. The van der Waals surface area contributed by atoms with Crippen LogP contribution in [0, 0.1) is 6.92 Å². The maximum Gasteiger partial charge on any atom is 0.250 e. The maximum atomic E-state index is 11.4. The first kappa shape index (κ1) is 10.5. The lowest BCUT2D eigenvalue weighted by molar-refractivity contribution is -0.120. The smallest absolute Gasteiger partial charge is 0.250 e. The average molecular weight is 194 g/mol. The summed E-state index contributed by atoms with van der Waals surface area (Å²) in [6, 6.07) is 3.41. The van der Waals surface area contributed by atoms with Crippen molar-refractivity contribution in [1.29, 1.82) is 0 Å². The van der Waals surface area contributed by atoms with Crippen molar-refractivity contribution in [3.63, 3.8) is 0 Å². The highest BCUT2D eigenvalue weighted by molar-refractivity contribution is 5.75. The van der Waals surface area contributed by atoms with Gasteiger partial charge in [0, 0.05) is 32.3 Å². The summed E-state index contributed by atoms with van der Waals surface area (Å²) in [6.07, 6.45) is 2.04. The zero-order chi connectivity index (χ0) is 10.6. The zero-order valence-electron chi connectivity index (χ0n) is 8.41. The van der Waals surface area contributed by atoms with Crippen LogP contribution in [0.5, 0.6) is 0 Å². The first-order valence-electron chi connectivity index (χ1n) is 4.51. The largest absolute Gasteiger partial charge is 0.359 e. The molecule has 0 fully saturated rings. The minimum absolute atomic E-state index is 0.0579. The van der Waals surface area contributed by atoms with Gasteiger partial charge >= 0.3 is 0 Å². The molecule has 4 heteroatoms. The van der Waals surface area contributed by atoms with Crippen LogP contribution < -0.4 is 10.9 Å². The Balaban J connectivity index is 2.68. The minimum atomic E-state index is -0.0612. The Morgan fingerprint density at radius 3 is 2.86 bits per heavy atom. The van der Waals surface area contributed by atoms with Crippen LogP contribution in [0.4, 0.5) is 0 Å². The molecule has 0 radical (unpaired) electrons. The van der Waals surface area contributed by atoms with Crippen LogP contribution in [0.15, 0.2) is 23.1 Å². The van der Waals surface area contributed by atoms with Crippen molar-refractivity contribution in [2.75, 3.05) is 7.05 Å². The number of hydrogen-bond donors (Lipinski definition) is 1. The molecule has 0 aliphatic carbocycles. The summed E-state index contributed by atoms with van der Waals surface area (Å²) in [4.78, 5) is 22.3. The number of carbonyl (C=O) groups excluding carboxylic acids is 1. The molecule has 1 amide bonds. The van der Waals surface area contributed by atoms with Crippen LogP contribution in [0.25, 0.3) is 0 Å². The summed E-state index contributed by atoms with van der Waals surface area (Å²) in [6.45, 7) is 2.29. The molecule has 1 N–H and O–H groups in total. The molecule has 0 saturated heterocycles. The maximum absolute atomic E-state index is 11.4. The van der Waals surface area contributed by atoms with Gasteiger partial charge in [0.2, 0.25) is 5.91 Å². The normalized spacial score (nSPS) is 9.86. The molecule has 0 atom stereocenters. The summed E-state index contributed by atoms with van der Waals surface area (Å²) in [5.74, 6) is -0.0579. The van der Waals surface area contributed by atoms with Gasteiger partial charge in [-0.3, -0.25) is 9.59 Å². The zero-order valence-corrected chi connectivity index (χ0v) is 8.41. The molecular formula is C10H14N2O2. The number of aromatic nitrogens is 1. The van der Waals surface area contributed by atoms with Crippen LogP contribution in [0.2, 0.25) is 0 Å². The molecule has 1 aromatic heterocycles. The highest BCUT2D eigenvalue weighted by Crippen LogP contribution is 1.92. The van der Waals surface area contributed by atoms with Crippen LogP contribution in [-0.2, 0) is 11.3 Å². The Kier molecular flexibility index (Phi) is 3.45. The number of hydrogen-bond acceptors (Lipinski definition) is 2. The van der Waals surface area contributed by atoms with Gasteiger partial charge in [-0.05, 0) is 18.6 Å². The van der Waals surface area contributed by atoms with Gasteiger partial charge in [0.15, 0.2) is 0 Å². The summed E-state index contributed by atoms with van der Waals surface area (Å²) < 4.78 is 1.53. The third-order valence-electron chi connectivity index (χ3n) is 2.01. The average Bonchev–Trinajstić information content (AvgIpc) is 2.16. The minimum Gasteiger partial charge on any atom is -0.359 e. The monoisotopic (exact) mass is 194 g/mol. The van der Waals surface area contributed by atoms with E-state index < -0.39 is 0 Å². The Morgan fingerprint density at radius 2 is 2.29 bits per heavy atom. The molecule has 4 nitrogen and oxygen atoms in total. The fourth-order valence-corrected chi connectivity index (χ4v) is 1.14. The molecule has 1 aromatic rings. The molecule has 0 unspecified atom stereocenters. The van der Waals surface area contributed by atoms with E-state index in [1.807, 2.05) is 13.0 Å². The molecule has 0 aromatic carbocycles. The third kappa shape index (κ3) is 2.73. The summed E-state index contributed by atoms with van der Waals surface area (Å²) in [7, 11) is 1.58. The number of aryl methyl sites for hydroxylation is 2. The topological polar surface area (TPSA) is 51.1 Å². The Morgan fingerprint density at radius 1 is 1.57 bits per heavy atom. The highest BCUT2D eigenvalue weighted by atomic mass is 16.1. The summed E-state index contributed by atoms with van der Waals surface area (Å²) >= 11 is 0. The molecule has 0 bridgehead atoms. The molecule has 0 spiro atoms. The SMILES string of the molecule is CNC(=O)CCn1ccc(C)cc1=O. The van der Waals surface area contributed by atoms with Crippen molar-refractivity contribution in [1.82, 2.24) is 9.88 Å². The predicted molar refractivity (Wildman–Crippen MR) is 54.1 cm³/mol. The predicted octanol–water partition coefficient (Wildman–Crippen LogP) is 0.293. The van der Waals surface area contributed by atoms with Gasteiger partial charge in [0.1, 0.15) is 0 Å². The van der Waals surface area contributed by atoms with Crippen molar-refractivity contribution in [3.05, 3.63) is 34.2 Å². The molecule has 0 aliphatic rings. The van der Waals surface area contributed by atoms with E-state index in [1.54, 1.807) is 19.3 Å². The quantitative estimate of drug-likeness (QED) is 0.752. The van der Waals surface area contributed by atoms with E-state index in [2.05, 4.69) is 5.32 Å². The molecular weight excluding hydrogens is 180 g/mol. The lowest BCUT2D eigenvalue weighted by atomic mass is 10.3. The van der Waals surface area contributed by atoms with Crippen molar-refractivity contribution >= 4 is 5.91 Å². The summed E-state index contributed by atoms with van der Waals surface area (Å²) in [5.41, 5.74) is 0.875. The van der Waals surface area contributed by atoms with Gasteiger partial charge in [0.25, 0.3) is 5.56 Å². The number of pyridine rings is 1. The van der Waals surface area contributed by atoms with E-state index in [4.69, 9.17) is 0 Å². The molecule has 0 saturated carbocycles. The Bertz CT molecular complexity index is 382. The first-order valence-corrected chi connectivity index (χ1v) is 4.51. The van der Waals surface area contributed by atoms with Crippen molar-refractivity contribution in [2.45, 2.75) is 19.9 Å². The van der Waals surface area contributed by atoms with E-state index >= 15 is 0 Å². The van der Waals surface area contributed by atoms with Gasteiger partial charge in [0.05, 0.1) is 0 Å². The second-order valence-electron chi connectivity index (χ2n) is 3.16. The van der Waals surface area contributed by atoms with Crippen molar-refractivity contribution < 1.29 is 4.79 Å². The standard InChI is InChI=1S/C10H14N2O2/c1-8-3-5-12(10(14)7-8)6-4-9(13)11-2/h3,5,7H,4,6H2,1-2H3,(H,11,13). The molecule has 14 heavy (non-hydrogen) atoms. The highest BCUT2D eigenvalue weighted by Gasteiger charge is 2.00. The van der Waals surface area contributed by atoms with Gasteiger partial charge in [-0.1, -0.05) is 0 Å². The van der Waals surface area contributed by atoms with E-state index in [-0.39, 0.29) is 11.5 Å². The fourth-order valence-electron chi connectivity index (χ4n) is 1.14. The summed E-state index contributed by atoms with van der Waals surface area (Å²) in [5, 5.41) is 2.51. The van der Waals surface area contributed by atoms with Gasteiger partial charge in [-0.2, -0.15) is 0 Å². The Hall–Kier alpha value is -1.58. The lowest BCUT2D eigenvalue weighted by Gasteiger charge is -2.04. The van der Waals surface area contributed by atoms with E-state index in [0.717, 1.165) is 5.56 Å². The Labute approximate surface area is 82.6 Å². The van der Waals surface area contributed by atoms with Gasteiger partial charge in [-0.25, -0.2) is 0 Å². The number of rotatable bonds is 3. The fraction of sp³-hybridized carbons (Fsp3) is 0.400. The third-order valence-corrected chi connectivity index (χ3v) is 2.01. The first-order chi connectivity index (χ1) is 6.63. The number of nitrogens with one attached hydrogen (secondary N) is 1. The van der Waals surface area contributed by atoms with Crippen LogP contribution in [0.1, 0.15) is 12.0 Å². The van der Waals surface area contributed by atoms with E-state index in [0.29, 0.717) is 13.0 Å². The van der Waals surface area contributed by atoms with E-state index in [9.17, 15) is 9.59 Å². The van der Waals surface area contributed by atoms with Gasteiger partial charge in [-0.15, -0.1) is 0 Å². The molecule has 1 rings (SSSR count). The lowest BCUT2D eigenvalue weighted by Crippen LogP contribution is -2.24. The number of amides is 1. The number of nitrogens with zero attached hydrogens (tertiary/aromatic N) is 1. The van der Waals surface area contributed by atoms with Crippen molar-refractivity contribution in [2.24, 2.45) is 0 Å². The van der Waals surface area contributed by atoms with Crippen LogP contribution in [-0.4, -0.2) is 17.5 Å². The van der Waals surface area contributed by atoms with E-state index in [1.165, 1.54) is 4.57 Å². The molecule has 1 heterocycles. The van der Waals surface area contributed by atoms with Crippen molar-refractivity contribution in [3.8, 4) is 0 Å². The molecule has 0 aliphatic heterocycles.